The van der Waals surface area contributed by atoms with E-state index in [2.05, 4.69) is 16.3 Å². The van der Waals surface area contributed by atoms with Crippen LogP contribution in [-0.4, -0.2) is 45.9 Å². The standard InChI is InChI=1S/C12H8N3O.Tl/c16-12-8-4-3-7-11(12)15-13-9-5-1-2-6-10(9)14-15;/h1,3-8,16H;. The molecule has 3 aromatic rings. The molecule has 0 bridgehead atoms. The average molecular weight is 415 g/mol. The molecule has 3 rings (SSSR count). The number of phenols is 1. The Hall–Kier alpha value is -1.44. The van der Waals surface area contributed by atoms with Gasteiger partial charge in [0.25, 0.3) is 0 Å². The number of hydrogen-bond donors (Lipinski definition) is 1. The van der Waals surface area contributed by atoms with Crippen LogP contribution in [0, 0.1) is 0 Å². The van der Waals surface area contributed by atoms with Crippen LogP contribution in [0.1, 0.15) is 0 Å². The minimum absolute atomic E-state index is 0.181. The SMILES string of the molecule is Oc1ccccc1-n1nc2cc[c]([Tl])cc2n1. The second-order valence-corrected chi connectivity index (χ2v) is 6.32. The molecule has 0 atom stereocenters. The summed E-state index contributed by atoms with van der Waals surface area (Å²) in [6.07, 6.45) is 0. The Kier molecular flexibility index (Phi) is 2.58. The normalized spacial score (nSPS) is 10.8. The van der Waals surface area contributed by atoms with Crippen LogP contribution in [0.5, 0.6) is 5.75 Å². The molecule has 0 fully saturated rings. The fraction of sp³-hybridized carbons (Fsp3) is 0. The second kappa shape index (κ2) is 4.10. The number of para-hydroxylation sites is 2. The third-order valence-corrected chi connectivity index (χ3v) is 3.90. The van der Waals surface area contributed by atoms with Gasteiger partial charge in [0.05, 0.1) is 0 Å². The number of aromatic nitrogens is 3. The van der Waals surface area contributed by atoms with E-state index in [1.165, 1.54) is 7.92 Å². The zero-order valence-corrected chi connectivity index (χ0v) is 13.4. The number of aromatic hydroxyl groups is 1. The van der Waals surface area contributed by atoms with Crippen molar-refractivity contribution in [1.29, 1.82) is 0 Å². The zero-order valence-electron chi connectivity index (χ0n) is 8.91. The van der Waals surface area contributed by atoms with Crippen molar-refractivity contribution in [3.8, 4) is 11.4 Å². The molecular formula is C12H8N3OTl. The summed E-state index contributed by atoms with van der Waals surface area (Å²) in [7, 11) is 0. The first-order chi connectivity index (χ1) is 8.24. The molecule has 80 valence electrons. The minimum atomic E-state index is 0.181. The molecule has 5 heteroatoms. The van der Waals surface area contributed by atoms with Gasteiger partial charge in [-0.25, -0.2) is 0 Å². The van der Waals surface area contributed by atoms with E-state index in [0.717, 1.165) is 36.8 Å². The van der Waals surface area contributed by atoms with Crippen molar-refractivity contribution in [1.82, 2.24) is 15.0 Å². The Labute approximate surface area is 114 Å². The number of nitrogens with zero attached hydrogens (tertiary/aromatic N) is 3. The molecule has 0 saturated carbocycles. The first-order valence-corrected chi connectivity index (χ1v) is 7.39. The Morgan fingerprint density at radius 1 is 1.00 bits per heavy atom. The molecule has 1 N–H and O–H groups in total. The maximum atomic E-state index is 9.75. The van der Waals surface area contributed by atoms with Crippen LogP contribution in [0.3, 0.4) is 0 Å². The van der Waals surface area contributed by atoms with E-state index in [-0.39, 0.29) is 5.75 Å². The van der Waals surface area contributed by atoms with Crippen LogP contribution < -0.4 is 3.12 Å². The third kappa shape index (κ3) is 1.92. The van der Waals surface area contributed by atoms with E-state index in [1.807, 2.05) is 18.2 Å². The van der Waals surface area contributed by atoms with Crippen molar-refractivity contribution in [2.45, 2.75) is 0 Å². The summed E-state index contributed by atoms with van der Waals surface area (Å²) in [5.41, 5.74) is 2.31. The van der Waals surface area contributed by atoms with Gasteiger partial charge in [0.15, 0.2) is 0 Å². The van der Waals surface area contributed by atoms with Gasteiger partial charge < -0.3 is 0 Å². The number of phenolic OH excluding ortho intramolecular Hbond substituents is 1. The Morgan fingerprint density at radius 2 is 1.76 bits per heavy atom. The molecule has 0 aliphatic heterocycles. The zero-order chi connectivity index (χ0) is 11.8. The topological polar surface area (TPSA) is 50.9 Å². The molecule has 2 aromatic carbocycles. The molecule has 0 saturated heterocycles. The van der Waals surface area contributed by atoms with Crippen LogP contribution >= 0.6 is 0 Å². The number of fused-ring (bicyclic) bond motifs is 1. The summed E-state index contributed by atoms with van der Waals surface area (Å²) in [6.45, 7) is 0. The number of benzene rings is 2. The monoisotopic (exact) mass is 415 g/mol. The van der Waals surface area contributed by atoms with E-state index >= 15 is 0 Å². The van der Waals surface area contributed by atoms with Gasteiger partial charge in [0.2, 0.25) is 0 Å². The summed E-state index contributed by atoms with van der Waals surface area (Å²) in [5, 5.41) is 18.5. The van der Waals surface area contributed by atoms with Crippen molar-refractivity contribution in [3.63, 3.8) is 0 Å². The predicted octanol–water partition coefficient (Wildman–Crippen LogP) is 0.920. The van der Waals surface area contributed by atoms with E-state index < -0.39 is 0 Å². The number of hydrogen-bond acceptors (Lipinski definition) is 3. The molecule has 17 heavy (non-hydrogen) atoms. The van der Waals surface area contributed by atoms with Gasteiger partial charge >= 0.3 is 114 Å². The van der Waals surface area contributed by atoms with Crippen LogP contribution in [0.15, 0.2) is 42.5 Å². The summed E-state index contributed by atoms with van der Waals surface area (Å²) in [4.78, 5) is 1.48. The van der Waals surface area contributed by atoms with Gasteiger partial charge in [-0.1, -0.05) is 0 Å². The van der Waals surface area contributed by atoms with Gasteiger partial charge in [-0.2, -0.15) is 0 Å². The summed E-state index contributed by atoms with van der Waals surface area (Å²) >= 11 is 0.791. The molecular weight excluding hydrogens is 407 g/mol. The molecule has 0 aliphatic rings. The van der Waals surface area contributed by atoms with Crippen molar-refractivity contribution in [3.05, 3.63) is 42.5 Å². The molecule has 1 aromatic heterocycles. The van der Waals surface area contributed by atoms with Gasteiger partial charge in [-0.3, -0.25) is 0 Å². The van der Waals surface area contributed by atoms with Crippen molar-refractivity contribution >= 4 is 39.9 Å². The fourth-order valence-electron chi connectivity index (χ4n) is 1.67. The molecule has 0 radical (unpaired) electrons. The van der Waals surface area contributed by atoms with Gasteiger partial charge in [-0.05, 0) is 0 Å². The maximum absolute atomic E-state index is 9.75. The van der Waals surface area contributed by atoms with Gasteiger partial charge in [-0.15, -0.1) is 0 Å². The van der Waals surface area contributed by atoms with E-state index in [1.54, 1.807) is 18.2 Å². The summed E-state index contributed by atoms with van der Waals surface area (Å²) < 4.78 is 1.31. The Bertz CT molecular complexity index is 693. The van der Waals surface area contributed by atoms with Crippen molar-refractivity contribution in [2.75, 3.05) is 0 Å². The first kappa shape index (κ1) is 10.7. The van der Waals surface area contributed by atoms with Crippen molar-refractivity contribution < 1.29 is 5.11 Å². The molecule has 0 aliphatic carbocycles. The van der Waals surface area contributed by atoms with E-state index in [9.17, 15) is 5.11 Å². The Balaban J connectivity index is 2.22. The van der Waals surface area contributed by atoms with Crippen LogP contribution in [-0.2, 0) is 0 Å². The van der Waals surface area contributed by atoms with Gasteiger partial charge in [0, 0.05) is 0 Å². The van der Waals surface area contributed by atoms with Crippen LogP contribution in [0.25, 0.3) is 16.7 Å². The van der Waals surface area contributed by atoms with E-state index in [0.29, 0.717) is 5.69 Å². The summed E-state index contributed by atoms with van der Waals surface area (Å²) in [6, 6.07) is 13.1. The fourth-order valence-corrected chi connectivity index (χ4v) is 2.66. The third-order valence-electron chi connectivity index (χ3n) is 2.50. The van der Waals surface area contributed by atoms with Crippen molar-refractivity contribution in [2.24, 2.45) is 0 Å². The van der Waals surface area contributed by atoms with Gasteiger partial charge in [0.1, 0.15) is 0 Å². The second-order valence-electron chi connectivity index (χ2n) is 3.73. The predicted molar refractivity (Wildman–Crippen MR) is 65.9 cm³/mol. The van der Waals surface area contributed by atoms with Crippen LogP contribution in [0.4, 0.5) is 0 Å². The van der Waals surface area contributed by atoms with Crippen LogP contribution in [0.2, 0.25) is 0 Å². The summed E-state index contributed by atoms with van der Waals surface area (Å²) in [5.74, 6) is 0.181. The molecule has 1 heterocycles. The molecule has 4 nitrogen and oxygen atoms in total. The Morgan fingerprint density at radius 3 is 2.59 bits per heavy atom. The first-order valence-electron chi connectivity index (χ1n) is 5.15. The average Bonchev–Trinajstić information content (AvgIpc) is 2.72. The quantitative estimate of drug-likeness (QED) is 0.603. The molecule has 0 unspecified atom stereocenters. The molecule has 0 spiro atoms. The molecule has 0 amide bonds. The number of rotatable bonds is 1. The van der Waals surface area contributed by atoms with E-state index in [4.69, 9.17) is 0 Å².